The third-order valence-corrected chi connectivity index (χ3v) is 4.35. The minimum atomic E-state index is -0.295. The quantitative estimate of drug-likeness (QED) is 0.790. The fraction of sp³-hybridized carbons (Fsp3) is 0.200. The van der Waals surface area contributed by atoms with Crippen LogP contribution in [0.3, 0.4) is 0 Å². The van der Waals surface area contributed by atoms with E-state index >= 15 is 0 Å². The number of halogens is 1. The van der Waals surface area contributed by atoms with Crippen LogP contribution >= 0.6 is 0 Å². The molecular weight excluding hydrogens is 319 g/mol. The van der Waals surface area contributed by atoms with Gasteiger partial charge in [-0.15, -0.1) is 0 Å². The molecule has 0 aliphatic rings. The minimum Gasteiger partial charge on any atom is -0.507 e. The van der Waals surface area contributed by atoms with Gasteiger partial charge >= 0.3 is 0 Å². The molecule has 0 spiro atoms. The summed E-state index contributed by atoms with van der Waals surface area (Å²) in [5.41, 5.74) is 2.01. The summed E-state index contributed by atoms with van der Waals surface area (Å²) in [5, 5.41) is 10.2. The van der Waals surface area contributed by atoms with Crippen LogP contribution in [0.1, 0.15) is 16.8 Å². The van der Waals surface area contributed by atoms with Crippen LogP contribution in [0.5, 0.6) is 5.75 Å². The average molecular weight is 338 g/mol. The van der Waals surface area contributed by atoms with E-state index in [0.29, 0.717) is 34.6 Å². The van der Waals surface area contributed by atoms with Crippen molar-refractivity contribution in [2.75, 3.05) is 0 Å². The number of nitrogens with zero attached hydrogens (tertiary/aromatic N) is 2. The summed E-state index contributed by atoms with van der Waals surface area (Å²) in [7, 11) is 0. The van der Waals surface area contributed by atoms with Gasteiger partial charge in [-0.3, -0.25) is 9.36 Å². The Hall–Kier alpha value is -2.95. The highest BCUT2D eigenvalue weighted by atomic mass is 19.1. The first kappa shape index (κ1) is 16.9. The summed E-state index contributed by atoms with van der Waals surface area (Å²) in [5.74, 6) is 0.149. The van der Waals surface area contributed by atoms with E-state index in [1.54, 1.807) is 56.3 Å². The largest absolute Gasteiger partial charge is 0.507 e. The second-order valence-corrected chi connectivity index (χ2v) is 5.96. The van der Waals surface area contributed by atoms with Crippen LogP contribution in [-0.4, -0.2) is 14.7 Å². The number of para-hydroxylation sites is 1. The molecule has 25 heavy (non-hydrogen) atoms. The lowest BCUT2D eigenvalue weighted by molar-refractivity contribution is 0.475. The van der Waals surface area contributed by atoms with E-state index < -0.39 is 0 Å². The molecule has 0 atom stereocenters. The second kappa shape index (κ2) is 6.89. The van der Waals surface area contributed by atoms with Crippen molar-refractivity contribution in [2.24, 2.45) is 0 Å². The van der Waals surface area contributed by atoms with Crippen LogP contribution in [0.25, 0.3) is 11.4 Å². The number of hydrogen-bond acceptors (Lipinski definition) is 3. The predicted octanol–water partition coefficient (Wildman–Crippen LogP) is 3.61. The molecule has 0 saturated carbocycles. The molecule has 0 aliphatic heterocycles. The van der Waals surface area contributed by atoms with Gasteiger partial charge in [0.05, 0.1) is 5.56 Å². The molecule has 1 heterocycles. The number of benzene rings is 2. The summed E-state index contributed by atoms with van der Waals surface area (Å²) >= 11 is 0. The molecule has 0 saturated heterocycles. The van der Waals surface area contributed by atoms with Gasteiger partial charge in [-0.2, -0.15) is 0 Å². The molecule has 0 fully saturated rings. The first-order valence-corrected chi connectivity index (χ1v) is 8.09. The standard InChI is InChI=1S/C20H19FN2O2/c1-13-14(2)22-19(16-8-4-6-10-18(16)24)23(20(13)25)12-11-15-7-3-5-9-17(15)21/h3-10,24H,11-12H2,1-2H3. The average Bonchev–Trinajstić information content (AvgIpc) is 2.60. The summed E-state index contributed by atoms with van der Waals surface area (Å²) in [6.07, 6.45) is 0.358. The predicted molar refractivity (Wildman–Crippen MR) is 95.2 cm³/mol. The molecule has 5 heteroatoms. The lowest BCUT2D eigenvalue weighted by Crippen LogP contribution is -2.27. The number of aromatic hydroxyl groups is 1. The summed E-state index contributed by atoms with van der Waals surface area (Å²) in [4.78, 5) is 17.3. The van der Waals surface area contributed by atoms with Gasteiger partial charge < -0.3 is 5.11 Å². The Kier molecular flexibility index (Phi) is 4.65. The number of phenolic OH excluding ortho intramolecular Hbond substituents is 1. The zero-order valence-electron chi connectivity index (χ0n) is 14.2. The lowest BCUT2D eigenvalue weighted by Gasteiger charge is -2.15. The highest BCUT2D eigenvalue weighted by Gasteiger charge is 2.16. The van der Waals surface area contributed by atoms with Crippen molar-refractivity contribution < 1.29 is 9.50 Å². The minimum absolute atomic E-state index is 0.0531. The van der Waals surface area contributed by atoms with Gasteiger partial charge in [-0.25, -0.2) is 9.37 Å². The topological polar surface area (TPSA) is 55.1 Å². The third kappa shape index (κ3) is 3.31. The van der Waals surface area contributed by atoms with Crippen molar-refractivity contribution in [1.82, 2.24) is 9.55 Å². The van der Waals surface area contributed by atoms with E-state index in [1.807, 2.05) is 0 Å². The third-order valence-electron chi connectivity index (χ3n) is 4.35. The molecule has 3 aromatic rings. The molecule has 0 unspecified atom stereocenters. The van der Waals surface area contributed by atoms with Crippen LogP contribution in [0.4, 0.5) is 4.39 Å². The van der Waals surface area contributed by atoms with Crippen LogP contribution in [0, 0.1) is 19.7 Å². The van der Waals surface area contributed by atoms with Crippen molar-refractivity contribution in [1.29, 1.82) is 0 Å². The zero-order chi connectivity index (χ0) is 18.0. The molecule has 3 rings (SSSR count). The Labute approximate surface area is 145 Å². The number of rotatable bonds is 4. The molecule has 1 aromatic heterocycles. The molecule has 0 radical (unpaired) electrons. The molecule has 128 valence electrons. The van der Waals surface area contributed by atoms with Gasteiger partial charge in [0.2, 0.25) is 0 Å². The molecule has 4 nitrogen and oxygen atoms in total. The number of hydrogen-bond donors (Lipinski definition) is 1. The highest BCUT2D eigenvalue weighted by molar-refractivity contribution is 5.64. The summed E-state index contributed by atoms with van der Waals surface area (Å²) < 4.78 is 15.4. The van der Waals surface area contributed by atoms with Crippen molar-refractivity contribution in [2.45, 2.75) is 26.8 Å². The fourth-order valence-electron chi connectivity index (χ4n) is 2.77. The molecular formula is C20H19FN2O2. The van der Waals surface area contributed by atoms with E-state index in [-0.39, 0.29) is 23.7 Å². The Balaban J connectivity index is 2.09. The number of aromatic nitrogens is 2. The smallest absolute Gasteiger partial charge is 0.256 e. The number of phenols is 1. The monoisotopic (exact) mass is 338 g/mol. The zero-order valence-corrected chi connectivity index (χ0v) is 14.2. The number of aryl methyl sites for hydroxylation is 2. The van der Waals surface area contributed by atoms with Gasteiger partial charge in [-0.05, 0) is 44.0 Å². The van der Waals surface area contributed by atoms with E-state index in [0.717, 1.165) is 0 Å². The SMILES string of the molecule is Cc1nc(-c2ccccc2O)n(CCc2ccccc2F)c(=O)c1C. The van der Waals surface area contributed by atoms with Crippen LogP contribution in [-0.2, 0) is 13.0 Å². The lowest BCUT2D eigenvalue weighted by atomic mass is 10.1. The molecule has 2 aromatic carbocycles. The Morgan fingerprint density at radius 3 is 2.48 bits per heavy atom. The Bertz CT molecular complexity index is 980. The molecule has 1 N–H and O–H groups in total. The van der Waals surface area contributed by atoms with Gasteiger partial charge in [0.25, 0.3) is 5.56 Å². The Morgan fingerprint density at radius 2 is 1.76 bits per heavy atom. The van der Waals surface area contributed by atoms with Crippen molar-refractivity contribution in [3.05, 3.63) is 81.5 Å². The van der Waals surface area contributed by atoms with Gasteiger partial charge in [-0.1, -0.05) is 30.3 Å². The fourth-order valence-corrected chi connectivity index (χ4v) is 2.77. The first-order chi connectivity index (χ1) is 12.0. The van der Waals surface area contributed by atoms with Crippen molar-refractivity contribution in [3.63, 3.8) is 0 Å². The summed E-state index contributed by atoms with van der Waals surface area (Å²) in [6.45, 7) is 3.76. The van der Waals surface area contributed by atoms with Crippen LogP contribution in [0.2, 0.25) is 0 Å². The van der Waals surface area contributed by atoms with Crippen LogP contribution < -0.4 is 5.56 Å². The van der Waals surface area contributed by atoms with Crippen LogP contribution in [0.15, 0.2) is 53.3 Å². The second-order valence-electron chi connectivity index (χ2n) is 5.96. The summed E-state index contributed by atoms with van der Waals surface area (Å²) in [6, 6.07) is 13.3. The van der Waals surface area contributed by atoms with E-state index in [9.17, 15) is 14.3 Å². The van der Waals surface area contributed by atoms with E-state index in [2.05, 4.69) is 4.98 Å². The van der Waals surface area contributed by atoms with E-state index in [4.69, 9.17) is 0 Å². The van der Waals surface area contributed by atoms with Crippen molar-refractivity contribution >= 4 is 0 Å². The maximum Gasteiger partial charge on any atom is 0.256 e. The van der Waals surface area contributed by atoms with Gasteiger partial charge in [0.1, 0.15) is 17.4 Å². The molecule has 0 aliphatic carbocycles. The highest BCUT2D eigenvalue weighted by Crippen LogP contribution is 2.27. The maximum absolute atomic E-state index is 13.9. The van der Waals surface area contributed by atoms with E-state index in [1.165, 1.54) is 10.6 Å². The van der Waals surface area contributed by atoms with Gasteiger partial charge in [0, 0.05) is 17.8 Å². The van der Waals surface area contributed by atoms with Crippen molar-refractivity contribution in [3.8, 4) is 17.1 Å². The molecule has 0 amide bonds. The first-order valence-electron chi connectivity index (χ1n) is 8.09. The Morgan fingerprint density at radius 1 is 1.08 bits per heavy atom. The molecule has 0 bridgehead atoms. The normalized spacial score (nSPS) is 10.8. The van der Waals surface area contributed by atoms with Gasteiger partial charge in [0.15, 0.2) is 0 Å². The maximum atomic E-state index is 13.9.